The van der Waals surface area contributed by atoms with Crippen LogP contribution in [0.1, 0.15) is 83.3 Å². The molecule has 3 fully saturated rings. The number of rotatable bonds is 4. The van der Waals surface area contributed by atoms with Crippen molar-refractivity contribution in [3.63, 3.8) is 0 Å². The number of fused-ring (bicyclic) bond motifs is 5. The lowest BCUT2D eigenvalue weighted by molar-refractivity contribution is -0.0838. The van der Waals surface area contributed by atoms with Crippen LogP contribution < -0.4 is 0 Å². The van der Waals surface area contributed by atoms with Crippen molar-refractivity contribution in [3.8, 4) is 0 Å². The quantitative estimate of drug-likeness (QED) is 0.441. The topological polar surface area (TPSA) is 40.5 Å². The smallest absolute Gasteiger partial charge is 0.117 e. The second-order valence-corrected chi connectivity index (χ2v) is 13.2. The third-order valence-electron chi connectivity index (χ3n) is 11.8. The van der Waals surface area contributed by atoms with E-state index in [9.17, 15) is 10.2 Å². The van der Waals surface area contributed by atoms with E-state index in [4.69, 9.17) is 0 Å². The zero-order valence-corrected chi connectivity index (χ0v) is 22.4. The highest BCUT2D eigenvalue weighted by Gasteiger charge is 2.61. The summed E-state index contributed by atoms with van der Waals surface area (Å²) in [5.41, 5.74) is 3.13. The second kappa shape index (κ2) is 8.84. The number of aliphatic hydroxyl groups is 2. The van der Waals surface area contributed by atoms with Crippen LogP contribution in [0.25, 0.3) is 0 Å². The van der Waals surface area contributed by atoms with Crippen molar-refractivity contribution < 1.29 is 10.2 Å². The summed E-state index contributed by atoms with van der Waals surface area (Å²) >= 11 is 0. The molecule has 0 radical (unpaired) electrons. The standard InChI is InChI=1S/C34H44O2/c1-23(34(36,24-10-6-4-7-11-24)25-12-8-5-9-13-25)29-16-17-30-28-15-14-26-22-27(35)18-20-32(26,2)31(28)19-21-33(29,30)3/h4-14,23,27-31,35-36H,15-22H2,1-3H3/t23-,27+,28+,29-,30+,31+,32+,33-/m1/s1. The van der Waals surface area contributed by atoms with Gasteiger partial charge in [0.25, 0.3) is 0 Å². The van der Waals surface area contributed by atoms with Gasteiger partial charge in [0.1, 0.15) is 5.60 Å². The van der Waals surface area contributed by atoms with Gasteiger partial charge in [0.15, 0.2) is 0 Å². The number of hydrogen-bond donors (Lipinski definition) is 2. The predicted octanol–water partition coefficient (Wildman–Crippen LogP) is 7.50. The highest BCUT2D eigenvalue weighted by molar-refractivity contribution is 5.37. The first-order valence-corrected chi connectivity index (χ1v) is 14.5. The zero-order valence-electron chi connectivity index (χ0n) is 22.4. The number of hydrogen-bond acceptors (Lipinski definition) is 2. The molecule has 0 bridgehead atoms. The van der Waals surface area contributed by atoms with Crippen molar-refractivity contribution in [2.24, 2.45) is 40.4 Å². The van der Waals surface area contributed by atoms with Gasteiger partial charge >= 0.3 is 0 Å². The van der Waals surface area contributed by atoms with Gasteiger partial charge in [-0.1, -0.05) is 93.1 Å². The van der Waals surface area contributed by atoms with Crippen LogP contribution in [-0.4, -0.2) is 16.3 Å². The lowest BCUT2D eigenvalue weighted by atomic mass is 9.46. The Morgan fingerprint density at radius 1 is 0.833 bits per heavy atom. The molecule has 36 heavy (non-hydrogen) atoms. The summed E-state index contributed by atoms with van der Waals surface area (Å²) in [7, 11) is 0. The zero-order chi connectivity index (χ0) is 25.1. The van der Waals surface area contributed by atoms with Crippen molar-refractivity contribution in [2.75, 3.05) is 0 Å². The van der Waals surface area contributed by atoms with Crippen molar-refractivity contribution in [2.45, 2.75) is 83.8 Å². The molecule has 2 N–H and O–H groups in total. The number of aliphatic hydroxyl groups excluding tert-OH is 1. The Balaban J connectivity index is 1.34. The van der Waals surface area contributed by atoms with Gasteiger partial charge < -0.3 is 10.2 Å². The monoisotopic (exact) mass is 484 g/mol. The van der Waals surface area contributed by atoms with E-state index in [-0.39, 0.29) is 22.9 Å². The number of benzene rings is 2. The Kier molecular flexibility index (Phi) is 6.00. The van der Waals surface area contributed by atoms with Crippen LogP contribution in [0.3, 0.4) is 0 Å². The summed E-state index contributed by atoms with van der Waals surface area (Å²) in [5, 5.41) is 23.0. The van der Waals surface area contributed by atoms with E-state index in [1.165, 1.54) is 32.1 Å². The SMILES string of the molecule is C[C@H]([C@H]1CC[C@H]2[C@@H]3CC=C4C[C@@H](O)CC[C@]4(C)[C@H]3CC[C@]12C)C(O)(c1ccccc1)c1ccccc1. The summed E-state index contributed by atoms with van der Waals surface area (Å²) in [6, 6.07) is 20.8. The molecule has 4 aliphatic carbocycles. The Labute approximate surface area is 217 Å². The minimum absolute atomic E-state index is 0.129. The molecule has 2 aromatic rings. The molecule has 0 aliphatic heterocycles. The largest absolute Gasteiger partial charge is 0.393 e. The van der Waals surface area contributed by atoms with E-state index >= 15 is 0 Å². The molecule has 0 saturated heterocycles. The summed E-state index contributed by atoms with van der Waals surface area (Å²) in [6.07, 6.45) is 11.6. The van der Waals surface area contributed by atoms with Crippen molar-refractivity contribution in [3.05, 3.63) is 83.4 Å². The van der Waals surface area contributed by atoms with Crippen LogP contribution in [0.2, 0.25) is 0 Å². The fourth-order valence-corrected chi connectivity index (χ4v) is 9.87. The van der Waals surface area contributed by atoms with Gasteiger partial charge in [-0.15, -0.1) is 0 Å². The molecule has 2 aromatic carbocycles. The molecule has 0 amide bonds. The first-order valence-electron chi connectivity index (χ1n) is 14.5. The minimum atomic E-state index is -0.993. The van der Waals surface area contributed by atoms with E-state index in [1.54, 1.807) is 5.57 Å². The molecule has 0 aromatic heterocycles. The predicted molar refractivity (Wildman–Crippen MR) is 146 cm³/mol. The minimum Gasteiger partial charge on any atom is -0.393 e. The number of allylic oxidation sites excluding steroid dienone is 1. The fraction of sp³-hybridized carbons (Fsp3) is 0.588. The molecule has 0 spiro atoms. The molecule has 4 aliphatic rings. The van der Waals surface area contributed by atoms with E-state index in [0.29, 0.717) is 5.92 Å². The maximum Gasteiger partial charge on any atom is 0.117 e. The van der Waals surface area contributed by atoms with Crippen LogP contribution in [0, 0.1) is 40.4 Å². The summed E-state index contributed by atoms with van der Waals surface area (Å²) < 4.78 is 0. The Morgan fingerprint density at radius 3 is 2.11 bits per heavy atom. The van der Waals surface area contributed by atoms with Crippen molar-refractivity contribution >= 4 is 0 Å². The van der Waals surface area contributed by atoms with E-state index < -0.39 is 5.60 Å². The maximum atomic E-state index is 12.6. The first kappa shape index (κ1) is 24.4. The Hall–Kier alpha value is -1.90. The average Bonchev–Trinajstić information content (AvgIpc) is 3.26. The van der Waals surface area contributed by atoms with Crippen LogP contribution in [-0.2, 0) is 5.60 Å². The second-order valence-electron chi connectivity index (χ2n) is 13.2. The molecule has 6 rings (SSSR count). The van der Waals surface area contributed by atoms with Crippen LogP contribution in [0.5, 0.6) is 0 Å². The third-order valence-corrected chi connectivity index (χ3v) is 11.8. The van der Waals surface area contributed by atoms with E-state index in [1.807, 2.05) is 12.1 Å². The van der Waals surface area contributed by atoms with Crippen molar-refractivity contribution in [1.29, 1.82) is 0 Å². The van der Waals surface area contributed by atoms with Gasteiger partial charge in [-0.25, -0.2) is 0 Å². The normalized spacial score (nSPS) is 38.9. The van der Waals surface area contributed by atoms with E-state index in [2.05, 4.69) is 75.4 Å². The average molecular weight is 485 g/mol. The first-order chi connectivity index (χ1) is 17.3. The van der Waals surface area contributed by atoms with Crippen LogP contribution in [0.15, 0.2) is 72.3 Å². The lowest BCUT2D eigenvalue weighted by Crippen LogP contribution is -2.52. The highest BCUT2D eigenvalue weighted by atomic mass is 16.3. The Morgan fingerprint density at radius 2 is 1.47 bits per heavy atom. The van der Waals surface area contributed by atoms with E-state index in [0.717, 1.165) is 48.1 Å². The molecule has 0 unspecified atom stereocenters. The highest BCUT2D eigenvalue weighted by Crippen LogP contribution is 2.68. The molecule has 2 heteroatoms. The van der Waals surface area contributed by atoms with Gasteiger partial charge in [-0.2, -0.15) is 0 Å². The lowest BCUT2D eigenvalue weighted by Gasteiger charge is -2.59. The van der Waals surface area contributed by atoms with Gasteiger partial charge in [-0.3, -0.25) is 0 Å². The summed E-state index contributed by atoms with van der Waals surface area (Å²) in [4.78, 5) is 0. The van der Waals surface area contributed by atoms with Crippen LogP contribution in [0.4, 0.5) is 0 Å². The third kappa shape index (κ3) is 3.51. The molecule has 3 saturated carbocycles. The van der Waals surface area contributed by atoms with Gasteiger partial charge in [-0.05, 0) is 103 Å². The molecular formula is C34H44O2. The molecule has 2 nitrogen and oxygen atoms in total. The van der Waals surface area contributed by atoms with Gasteiger partial charge in [0, 0.05) is 0 Å². The van der Waals surface area contributed by atoms with Crippen molar-refractivity contribution in [1.82, 2.24) is 0 Å². The molecule has 8 atom stereocenters. The van der Waals surface area contributed by atoms with Crippen LogP contribution >= 0.6 is 0 Å². The molecule has 0 heterocycles. The van der Waals surface area contributed by atoms with Gasteiger partial charge in [0.2, 0.25) is 0 Å². The summed E-state index contributed by atoms with van der Waals surface area (Å²) in [6.45, 7) is 7.42. The molecule has 192 valence electrons. The summed E-state index contributed by atoms with van der Waals surface area (Å²) in [5.74, 6) is 2.83. The molecular weight excluding hydrogens is 440 g/mol. The maximum absolute atomic E-state index is 12.6. The fourth-order valence-electron chi connectivity index (χ4n) is 9.87. The van der Waals surface area contributed by atoms with Gasteiger partial charge in [0.05, 0.1) is 6.10 Å². The Bertz CT molecular complexity index is 1070.